The van der Waals surface area contributed by atoms with Crippen LogP contribution in [0, 0.1) is 12.1 Å². The Morgan fingerprint density at radius 3 is 2.04 bits per heavy atom. The summed E-state index contributed by atoms with van der Waals surface area (Å²) in [5, 5.41) is 9.70. The zero-order valence-electron chi connectivity index (χ0n) is 38.0. The molecule has 4 aromatic heterocycles. The Hall–Kier alpha value is -7.21. The van der Waals surface area contributed by atoms with E-state index in [1.165, 1.54) is 69.7 Å². The second kappa shape index (κ2) is 17.8. The molecule has 331 valence electrons. The topological polar surface area (TPSA) is 43.9 Å². The molecule has 4 heterocycles. The molecule has 0 amide bonds. The van der Waals surface area contributed by atoms with Gasteiger partial charge in [0.2, 0.25) is 0 Å². The number of aromatic nitrogens is 3. The molecule has 6 heteroatoms. The Labute approximate surface area is 412 Å². The number of furan rings is 1. The number of hydrogen-bond acceptors (Lipinski definition) is 4. The number of benzene rings is 9. The molecule has 0 aliphatic rings. The van der Waals surface area contributed by atoms with E-state index < -0.39 is 0 Å². The first kappa shape index (κ1) is 43.4. The third-order valence-corrected chi connectivity index (χ3v) is 14.3. The summed E-state index contributed by atoms with van der Waals surface area (Å²) in [7, 11) is 0. The number of rotatable bonds is 6. The first-order valence-corrected chi connectivity index (χ1v) is 23.8. The minimum absolute atomic E-state index is 0. The molecule has 0 atom stereocenters. The molecule has 0 saturated heterocycles. The van der Waals surface area contributed by atoms with E-state index in [4.69, 9.17) is 9.40 Å². The van der Waals surface area contributed by atoms with Crippen molar-refractivity contribution >= 4 is 86.0 Å². The number of imidazole rings is 1. The number of pyridine rings is 1. The van der Waals surface area contributed by atoms with E-state index in [9.17, 15) is 0 Å². The van der Waals surface area contributed by atoms with Gasteiger partial charge in [-0.2, -0.15) is 0 Å². The number of thiophene rings is 1. The van der Waals surface area contributed by atoms with Gasteiger partial charge in [0.1, 0.15) is 5.58 Å². The standard InChI is InChI=1S/C39H33N2.C23H12NOS.Ir/c1-25(2)34-23-31(27-12-6-5-7-13-27)24-35(26(3)4)38(34)41-37-17-11-10-16-36(37)40-39(41)30-20-21-33-29(22-30)19-18-28-14-8-9-15-32(28)33;1-2-10-20-14(6-1)17-12-11-16-15-7-5-8-18(19-9-3-4-13-24-19)21(15)25-22(16)23(17)26-20;/h5-19,21-26H,1-4H3;1-7,9-13H;/q2*-1;. The van der Waals surface area contributed by atoms with Crippen molar-refractivity contribution in [3.05, 3.63) is 211 Å². The summed E-state index contributed by atoms with van der Waals surface area (Å²) in [5.41, 5.74) is 13.1. The zero-order valence-corrected chi connectivity index (χ0v) is 41.3. The van der Waals surface area contributed by atoms with Crippen molar-refractivity contribution in [2.75, 3.05) is 0 Å². The molecule has 0 fully saturated rings. The minimum atomic E-state index is 0. The van der Waals surface area contributed by atoms with Crippen LogP contribution in [0.1, 0.15) is 50.7 Å². The molecule has 0 N–H and O–H groups in total. The van der Waals surface area contributed by atoms with Crippen LogP contribution in [-0.2, 0) is 20.1 Å². The summed E-state index contributed by atoms with van der Waals surface area (Å²) >= 11 is 1.79. The van der Waals surface area contributed by atoms with Crippen LogP contribution in [0.4, 0.5) is 0 Å². The molecular formula is C62H45IrN3OS-2. The SMILES string of the molecule is CC(C)c1cc(-c2ccccc2)cc(C(C)C)c1-n1c(-c2[c-]cc3c(ccc4ccccc43)c2)nc2ccccc21.[Ir].[c-]1ccc2c(oc3c2ccc2c4ccccc4sc23)c1-c1ccccn1. The van der Waals surface area contributed by atoms with Crippen molar-refractivity contribution in [3.63, 3.8) is 0 Å². The molecule has 13 aromatic rings. The van der Waals surface area contributed by atoms with Gasteiger partial charge in [0, 0.05) is 52.8 Å². The monoisotopic (exact) mass is 1070 g/mol. The van der Waals surface area contributed by atoms with E-state index in [0.717, 1.165) is 55.6 Å². The van der Waals surface area contributed by atoms with Gasteiger partial charge in [0.25, 0.3) is 0 Å². The molecular weight excluding hydrogens is 1030 g/mol. The Bertz CT molecular complexity index is 3970. The third-order valence-electron chi connectivity index (χ3n) is 13.1. The number of fused-ring (bicyclic) bond motifs is 11. The molecule has 0 aliphatic heterocycles. The second-order valence-electron chi connectivity index (χ2n) is 17.9. The number of nitrogens with zero attached hydrogens (tertiary/aromatic N) is 3. The maximum absolute atomic E-state index is 6.42. The van der Waals surface area contributed by atoms with Gasteiger partial charge in [-0.15, -0.1) is 58.7 Å². The average Bonchev–Trinajstić information content (AvgIpc) is 4.08. The summed E-state index contributed by atoms with van der Waals surface area (Å²) in [6.07, 6.45) is 1.80. The van der Waals surface area contributed by atoms with Crippen LogP contribution < -0.4 is 0 Å². The first-order valence-electron chi connectivity index (χ1n) is 23.0. The van der Waals surface area contributed by atoms with Crippen LogP contribution in [0.5, 0.6) is 0 Å². The minimum Gasteiger partial charge on any atom is -0.499 e. The van der Waals surface area contributed by atoms with E-state index in [0.29, 0.717) is 11.8 Å². The summed E-state index contributed by atoms with van der Waals surface area (Å²) in [6.45, 7) is 9.18. The molecule has 0 aliphatic carbocycles. The maximum Gasteiger partial charge on any atom is 0.138 e. The Balaban J connectivity index is 0.000000161. The molecule has 1 radical (unpaired) electrons. The van der Waals surface area contributed by atoms with Crippen molar-refractivity contribution in [1.29, 1.82) is 0 Å². The molecule has 0 saturated carbocycles. The van der Waals surface area contributed by atoms with Crippen LogP contribution in [0.15, 0.2) is 193 Å². The normalized spacial score (nSPS) is 11.7. The van der Waals surface area contributed by atoms with Crippen LogP contribution in [0.2, 0.25) is 0 Å². The van der Waals surface area contributed by atoms with Gasteiger partial charge in [0.05, 0.1) is 27.1 Å². The van der Waals surface area contributed by atoms with Crippen molar-refractivity contribution in [2.45, 2.75) is 39.5 Å². The van der Waals surface area contributed by atoms with Crippen molar-refractivity contribution in [2.24, 2.45) is 0 Å². The maximum atomic E-state index is 6.42. The fraction of sp³-hybridized carbons (Fsp3) is 0.0968. The van der Waals surface area contributed by atoms with Crippen molar-refractivity contribution in [3.8, 4) is 39.5 Å². The molecule has 13 rings (SSSR count). The first-order chi connectivity index (χ1) is 32.9. The fourth-order valence-electron chi connectivity index (χ4n) is 9.81. The quantitative estimate of drug-likeness (QED) is 0.123. The molecule has 9 aromatic carbocycles. The van der Waals surface area contributed by atoms with Gasteiger partial charge >= 0.3 is 0 Å². The molecule has 0 spiro atoms. The Morgan fingerprint density at radius 1 is 0.559 bits per heavy atom. The molecule has 68 heavy (non-hydrogen) atoms. The summed E-state index contributed by atoms with van der Waals surface area (Å²) in [6, 6.07) is 71.2. The van der Waals surface area contributed by atoms with E-state index >= 15 is 0 Å². The average molecular weight is 1070 g/mol. The van der Waals surface area contributed by atoms with Gasteiger partial charge in [-0.3, -0.25) is 4.98 Å². The van der Waals surface area contributed by atoms with Crippen molar-refractivity contribution in [1.82, 2.24) is 14.5 Å². The summed E-state index contributed by atoms with van der Waals surface area (Å²) in [4.78, 5) is 9.72. The predicted molar refractivity (Wildman–Crippen MR) is 283 cm³/mol. The van der Waals surface area contributed by atoms with Gasteiger partial charge in [0.15, 0.2) is 0 Å². The van der Waals surface area contributed by atoms with Crippen molar-refractivity contribution < 1.29 is 24.5 Å². The van der Waals surface area contributed by atoms with Crippen LogP contribution in [0.3, 0.4) is 0 Å². The molecule has 0 bridgehead atoms. The molecule has 0 unspecified atom stereocenters. The van der Waals surface area contributed by atoms with E-state index in [1.807, 2.05) is 24.3 Å². The number of hydrogen-bond donors (Lipinski definition) is 0. The predicted octanol–water partition coefficient (Wildman–Crippen LogP) is 17.5. The zero-order chi connectivity index (χ0) is 45.2. The van der Waals surface area contributed by atoms with E-state index in [1.54, 1.807) is 17.5 Å². The molecule has 4 nitrogen and oxygen atoms in total. The van der Waals surface area contributed by atoms with Gasteiger partial charge in [-0.05, 0) is 81.6 Å². The summed E-state index contributed by atoms with van der Waals surface area (Å²) in [5.74, 6) is 1.58. The van der Waals surface area contributed by atoms with E-state index in [-0.39, 0.29) is 20.1 Å². The van der Waals surface area contributed by atoms with E-state index in [2.05, 4.69) is 207 Å². The van der Waals surface area contributed by atoms with Gasteiger partial charge in [-0.1, -0.05) is 171 Å². The van der Waals surface area contributed by atoms with Gasteiger partial charge < -0.3 is 14.0 Å². The Kier molecular flexibility index (Phi) is 11.3. The van der Waals surface area contributed by atoms with Gasteiger partial charge in [-0.25, -0.2) is 0 Å². The largest absolute Gasteiger partial charge is 0.499 e. The van der Waals surface area contributed by atoms with Crippen LogP contribution in [-0.4, -0.2) is 14.5 Å². The van der Waals surface area contributed by atoms with Crippen LogP contribution in [0.25, 0.3) is 114 Å². The number of para-hydroxylation sites is 2. The third kappa shape index (κ3) is 7.41. The second-order valence-corrected chi connectivity index (χ2v) is 19.0. The fourth-order valence-corrected chi connectivity index (χ4v) is 11.0. The van der Waals surface area contributed by atoms with Crippen LogP contribution >= 0.6 is 11.3 Å². The summed E-state index contributed by atoms with van der Waals surface area (Å²) < 4.78 is 11.3. The Morgan fingerprint density at radius 2 is 1.25 bits per heavy atom. The smallest absolute Gasteiger partial charge is 0.138 e.